The fourth-order valence-electron chi connectivity index (χ4n) is 3.52. The molecule has 2 aromatic heterocycles. The smallest absolute Gasteiger partial charge is 0.233 e. The average molecular weight is 437 g/mol. The molecule has 0 aliphatic rings. The number of thiazole rings is 1. The van der Waals surface area contributed by atoms with E-state index in [9.17, 15) is 4.79 Å². The van der Waals surface area contributed by atoms with Crippen molar-refractivity contribution in [3.05, 3.63) is 71.2 Å². The number of benzene rings is 2. The van der Waals surface area contributed by atoms with E-state index in [2.05, 4.69) is 0 Å². The second-order valence-corrected chi connectivity index (χ2v) is 8.28. The van der Waals surface area contributed by atoms with Crippen molar-refractivity contribution in [2.75, 3.05) is 19.1 Å². The Balaban J connectivity index is 1.70. The van der Waals surface area contributed by atoms with E-state index >= 15 is 0 Å². The summed E-state index contributed by atoms with van der Waals surface area (Å²) in [5.41, 5.74) is 3.77. The summed E-state index contributed by atoms with van der Waals surface area (Å²) in [5.74, 6) is 2.13. The Bertz CT molecular complexity index is 1210. The summed E-state index contributed by atoms with van der Waals surface area (Å²) in [6, 6.07) is 13.4. The van der Waals surface area contributed by atoms with E-state index in [0.29, 0.717) is 23.2 Å². The van der Waals surface area contributed by atoms with Crippen LogP contribution in [-0.2, 0) is 17.8 Å². The zero-order valence-corrected chi connectivity index (χ0v) is 18.8. The van der Waals surface area contributed by atoms with E-state index in [1.807, 2.05) is 56.3 Å². The van der Waals surface area contributed by atoms with Crippen molar-refractivity contribution in [1.82, 2.24) is 4.98 Å². The summed E-state index contributed by atoms with van der Waals surface area (Å²) in [7, 11) is 3.27. The van der Waals surface area contributed by atoms with Gasteiger partial charge in [-0.15, -0.1) is 0 Å². The molecule has 2 heterocycles. The van der Waals surface area contributed by atoms with Gasteiger partial charge in [-0.05, 0) is 54.8 Å². The van der Waals surface area contributed by atoms with Gasteiger partial charge in [0.1, 0.15) is 22.8 Å². The molecule has 6 nitrogen and oxygen atoms in total. The number of hydrogen-bond donors (Lipinski definition) is 0. The minimum atomic E-state index is -0.0587. The number of ether oxygens (including phenoxy) is 2. The maximum absolute atomic E-state index is 13.4. The van der Waals surface area contributed by atoms with Crippen molar-refractivity contribution in [3.8, 4) is 11.5 Å². The van der Waals surface area contributed by atoms with Gasteiger partial charge in [-0.25, -0.2) is 4.98 Å². The number of carbonyl (C=O) groups is 1. The van der Waals surface area contributed by atoms with Crippen molar-refractivity contribution in [1.29, 1.82) is 0 Å². The van der Waals surface area contributed by atoms with Crippen molar-refractivity contribution < 1.29 is 18.7 Å². The summed E-state index contributed by atoms with van der Waals surface area (Å²) in [6.45, 7) is 4.31. The van der Waals surface area contributed by atoms with Gasteiger partial charge in [-0.1, -0.05) is 29.5 Å². The fraction of sp³-hybridized carbons (Fsp3) is 0.250. The summed E-state index contributed by atoms with van der Waals surface area (Å²) in [5, 5.41) is 0.620. The Hall–Kier alpha value is -3.32. The Labute approximate surface area is 185 Å². The number of hydrogen-bond acceptors (Lipinski definition) is 6. The van der Waals surface area contributed by atoms with Crippen LogP contribution < -0.4 is 14.4 Å². The van der Waals surface area contributed by atoms with E-state index in [4.69, 9.17) is 18.9 Å². The van der Waals surface area contributed by atoms with Gasteiger partial charge in [0.15, 0.2) is 5.13 Å². The minimum absolute atomic E-state index is 0.0587. The standard InChI is InChI=1S/C24H24N2O4S/c1-15-7-9-20(29-4)22-23(15)31-24(25-22)26(14-18-6-5-11-30-18)21(27)13-17-8-10-19(28-3)16(2)12-17/h5-12H,13-14H2,1-4H3. The second kappa shape index (κ2) is 8.81. The lowest BCUT2D eigenvalue weighted by molar-refractivity contribution is -0.118. The number of fused-ring (bicyclic) bond motifs is 1. The summed E-state index contributed by atoms with van der Waals surface area (Å²) in [6.07, 6.45) is 1.86. The molecule has 7 heteroatoms. The first-order valence-corrected chi connectivity index (χ1v) is 10.7. The Morgan fingerprint density at radius 3 is 2.52 bits per heavy atom. The lowest BCUT2D eigenvalue weighted by atomic mass is 10.1. The summed E-state index contributed by atoms with van der Waals surface area (Å²) >= 11 is 1.48. The Kier molecular flexibility index (Phi) is 5.95. The summed E-state index contributed by atoms with van der Waals surface area (Å²) in [4.78, 5) is 19.9. The van der Waals surface area contributed by atoms with Crippen LogP contribution in [-0.4, -0.2) is 25.1 Å². The first kappa shape index (κ1) is 20.9. The third kappa shape index (κ3) is 4.27. The quantitative estimate of drug-likeness (QED) is 0.393. The molecule has 0 fully saturated rings. The van der Waals surface area contributed by atoms with Crippen molar-refractivity contribution in [3.63, 3.8) is 0 Å². The topological polar surface area (TPSA) is 64.8 Å². The van der Waals surface area contributed by atoms with Crippen LogP contribution >= 0.6 is 11.3 Å². The number of aromatic nitrogens is 1. The van der Waals surface area contributed by atoms with E-state index in [1.165, 1.54) is 11.3 Å². The van der Waals surface area contributed by atoms with Crippen LogP contribution in [0, 0.1) is 13.8 Å². The highest BCUT2D eigenvalue weighted by molar-refractivity contribution is 7.22. The monoisotopic (exact) mass is 436 g/mol. The first-order chi connectivity index (χ1) is 15.0. The molecule has 1 amide bonds. The number of nitrogens with zero attached hydrogens (tertiary/aromatic N) is 2. The number of methoxy groups -OCH3 is 2. The highest BCUT2D eigenvalue weighted by atomic mass is 32.1. The van der Waals surface area contributed by atoms with Gasteiger partial charge in [0.2, 0.25) is 5.91 Å². The van der Waals surface area contributed by atoms with E-state index in [1.54, 1.807) is 25.4 Å². The molecule has 0 saturated heterocycles. The minimum Gasteiger partial charge on any atom is -0.496 e. The van der Waals surface area contributed by atoms with Crippen LogP contribution in [0.2, 0.25) is 0 Å². The number of carbonyl (C=O) groups excluding carboxylic acids is 1. The van der Waals surface area contributed by atoms with Crippen LogP contribution in [0.5, 0.6) is 11.5 Å². The molecule has 160 valence electrons. The predicted octanol–water partition coefficient (Wildman–Crippen LogP) is 5.30. The SMILES string of the molecule is COc1ccc(CC(=O)N(Cc2ccco2)c2nc3c(OC)ccc(C)c3s2)cc1C. The van der Waals surface area contributed by atoms with E-state index < -0.39 is 0 Å². The average Bonchev–Trinajstić information content (AvgIpc) is 3.43. The molecule has 4 rings (SSSR count). The zero-order chi connectivity index (χ0) is 22.0. The van der Waals surface area contributed by atoms with Crippen molar-refractivity contribution >= 4 is 32.6 Å². The molecule has 0 unspecified atom stereocenters. The van der Waals surface area contributed by atoms with Gasteiger partial charge in [0.25, 0.3) is 0 Å². The number of furan rings is 1. The van der Waals surface area contributed by atoms with Crippen LogP contribution in [0.3, 0.4) is 0 Å². The second-order valence-electron chi connectivity index (χ2n) is 7.30. The van der Waals surface area contributed by atoms with Crippen LogP contribution in [0.1, 0.15) is 22.5 Å². The Morgan fingerprint density at radius 2 is 1.84 bits per heavy atom. The molecule has 0 bridgehead atoms. The predicted molar refractivity (Wildman–Crippen MR) is 122 cm³/mol. The van der Waals surface area contributed by atoms with Crippen LogP contribution in [0.4, 0.5) is 5.13 Å². The van der Waals surface area contributed by atoms with E-state index in [-0.39, 0.29) is 12.3 Å². The normalized spacial score (nSPS) is 11.0. The van der Waals surface area contributed by atoms with Gasteiger partial charge in [-0.3, -0.25) is 9.69 Å². The first-order valence-electron chi connectivity index (χ1n) is 9.90. The lowest BCUT2D eigenvalue weighted by Gasteiger charge is -2.19. The molecule has 2 aromatic carbocycles. The lowest BCUT2D eigenvalue weighted by Crippen LogP contribution is -2.31. The molecule has 31 heavy (non-hydrogen) atoms. The zero-order valence-electron chi connectivity index (χ0n) is 18.0. The molecule has 0 aliphatic heterocycles. The number of anilines is 1. The number of aryl methyl sites for hydroxylation is 2. The third-order valence-corrected chi connectivity index (χ3v) is 6.37. The van der Waals surface area contributed by atoms with Crippen molar-refractivity contribution in [2.45, 2.75) is 26.8 Å². The maximum Gasteiger partial charge on any atom is 0.233 e. The molecule has 0 N–H and O–H groups in total. The van der Waals surface area contributed by atoms with Crippen LogP contribution in [0.15, 0.2) is 53.1 Å². The van der Waals surface area contributed by atoms with Gasteiger partial charge < -0.3 is 13.9 Å². The van der Waals surface area contributed by atoms with Gasteiger partial charge in [-0.2, -0.15) is 0 Å². The van der Waals surface area contributed by atoms with Crippen LogP contribution in [0.25, 0.3) is 10.2 Å². The fourth-order valence-corrected chi connectivity index (χ4v) is 4.59. The van der Waals surface area contributed by atoms with Gasteiger partial charge >= 0.3 is 0 Å². The highest BCUT2D eigenvalue weighted by Crippen LogP contribution is 2.37. The molecule has 0 radical (unpaired) electrons. The number of rotatable bonds is 7. The largest absolute Gasteiger partial charge is 0.496 e. The molecular formula is C24H24N2O4S. The van der Waals surface area contributed by atoms with Gasteiger partial charge in [0.05, 0.1) is 38.1 Å². The summed E-state index contributed by atoms with van der Waals surface area (Å²) < 4.78 is 17.3. The molecule has 4 aromatic rings. The Morgan fingerprint density at radius 1 is 1.06 bits per heavy atom. The molecule has 0 atom stereocenters. The molecule has 0 aliphatic carbocycles. The third-order valence-electron chi connectivity index (χ3n) is 5.15. The number of amides is 1. The molecule has 0 spiro atoms. The van der Waals surface area contributed by atoms with Gasteiger partial charge in [0, 0.05) is 0 Å². The molecule has 0 saturated carbocycles. The highest BCUT2D eigenvalue weighted by Gasteiger charge is 2.23. The molecular weight excluding hydrogens is 412 g/mol. The van der Waals surface area contributed by atoms with Crippen molar-refractivity contribution in [2.24, 2.45) is 0 Å². The maximum atomic E-state index is 13.4. The van der Waals surface area contributed by atoms with E-state index in [0.717, 1.165) is 32.7 Å².